The molecule has 0 rings (SSSR count). The number of allylic oxidation sites excluding steroid dienone is 8. The average Bonchev–Trinajstić information content (AvgIpc) is 2.80. The minimum Gasteiger partial charge on any atom is -0.410 e. The van der Waals surface area contributed by atoms with Gasteiger partial charge in [0.05, 0.1) is 12.2 Å². The molecule has 0 aromatic carbocycles. The fraction of sp³-hybridized carbons (Fsp3) is 0.647. The first kappa shape index (κ1) is 37.8. The molecule has 0 radical (unpaired) electrons. The molecule has 0 spiro atoms. The molecule has 0 aromatic rings. The SMILES string of the molecule is CC/C=C\C[C@@H](/C=C/C=C\C/C=C\C=C\[C@H](C/C=C\CCCO)O[Si](C)(C)C(C)(C)C)O[Si](C)(C)C(C)(C)C. The molecule has 0 fully saturated rings. The predicted molar refractivity (Wildman–Crippen MR) is 179 cm³/mol. The third-order valence-electron chi connectivity index (χ3n) is 7.76. The largest absolute Gasteiger partial charge is 0.410 e. The van der Waals surface area contributed by atoms with Gasteiger partial charge in [-0.1, -0.05) is 121 Å². The van der Waals surface area contributed by atoms with E-state index in [1.54, 1.807) is 0 Å². The fourth-order valence-corrected chi connectivity index (χ4v) is 5.74. The summed E-state index contributed by atoms with van der Waals surface area (Å²) in [6.45, 7) is 25.4. The van der Waals surface area contributed by atoms with E-state index in [9.17, 15) is 0 Å². The second kappa shape index (κ2) is 19.0. The number of rotatable bonds is 18. The molecule has 0 unspecified atom stereocenters. The van der Waals surface area contributed by atoms with E-state index in [1.807, 2.05) is 0 Å². The third-order valence-corrected chi connectivity index (χ3v) is 16.8. The maximum Gasteiger partial charge on any atom is 0.192 e. The standard InChI is InChI=1S/C34H62O3Si2/c1-12-13-21-26-31(36-38(8,9)33(2,3)4)27-22-17-15-14-16-18-23-28-32(29-24-19-20-25-30-35)37-39(10,11)34(5,6)7/h13,15-19,21-24,27-28,31-32,35H,12,14,20,25-26,29-30H2,1-11H3/b17-15-,18-16-,21-13-,24-19-,27-22+,28-23+/t31-,32+/m0/s1. The summed E-state index contributed by atoms with van der Waals surface area (Å²) in [5.74, 6) is 0. The minimum absolute atomic E-state index is 0.0685. The van der Waals surface area contributed by atoms with Crippen molar-refractivity contribution in [3.8, 4) is 0 Å². The van der Waals surface area contributed by atoms with Gasteiger partial charge in [0.1, 0.15) is 0 Å². The smallest absolute Gasteiger partial charge is 0.192 e. The van der Waals surface area contributed by atoms with Gasteiger partial charge in [0.15, 0.2) is 16.6 Å². The van der Waals surface area contributed by atoms with Crippen LogP contribution in [-0.2, 0) is 8.85 Å². The van der Waals surface area contributed by atoms with Gasteiger partial charge in [-0.3, -0.25) is 0 Å². The van der Waals surface area contributed by atoms with Crippen molar-refractivity contribution in [1.82, 2.24) is 0 Å². The van der Waals surface area contributed by atoms with Gasteiger partial charge in [-0.05, 0) is 74.8 Å². The predicted octanol–water partition coefficient (Wildman–Crippen LogP) is 10.5. The molecule has 0 aliphatic carbocycles. The summed E-state index contributed by atoms with van der Waals surface area (Å²) in [5.41, 5.74) is 0. The van der Waals surface area contributed by atoms with Gasteiger partial charge >= 0.3 is 0 Å². The van der Waals surface area contributed by atoms with E-state index in [4.69, 9.17) is 14.0 Å². The Balaban J connectivity index is 5.08. The first-order valence-corrected chi connectivity index (χ1v) is 20.8. The Kier molecular flexibility index (Phi) is 18.4. The van der Waals surface area contributed by atoms with Crippen LogP contribution in [0.2, 0.25) is 36.3 Å². The zero-order valence-corrected chi connectivity index (χ0v) is 29.3. The van der Waals surface area contributed by atoms with Crippen molar-refractivity contribution in [3.05, 3.63) is 72.9 Å². The van der Waals surface area contributed by atoms with Crippen molar-refractivity contribution in [3.63, 3.8) is 0 Å². The van der Waals surface area contributed by atoms with Gasteiger partial charge in [-0.15, -0.1) is 0 Å². The summed E-state index contributed by atoms with van der Waals surface area (Å²) in [7, 11) is -3.68. The molecule has 5 heteroatoms. The summed E-state index contributed by atoms with van der Waals surface area (Å²) in [4.78, 5) is 0. The number of aliphatic hydroxyl groups excluding tert-OH is 1. The Hall–Kier alpha value is -1.25. The van der Waals surface area contributed by atoms with Crippen molar-refractivity contribution in [1.29, 1.82) is 0 Å². The molecule has 0 saturated carbocycles. The van der Waals surface area contributed by atoms with E-state index >= 15 is 0 Å². The van der Waals surface area contributed by atoms with Crippen molar-refractivity contribution in [2.45, 2.75) is 135 Å². The molecular formula is C34H62O3Si2. The lowest BCUT2D eigenvalue weighted by atomic mass is 10.2. The highest BCUT2D eigenvalue weighted by atomic mass is 28.4. The zero-order chi connectivity index (χ0) is 30.0. The molecule has 0 heterocycles. The number of aliphatic hydroxyl groups is 1. The Bertz CT molecular complexity index is 818. The number of hydrogen-bond acceptors (Lipinski definition) is 3. The van der Waals surface area contributed by atoms with E-state index in [1.165, 1.54) is 0 Å². The minimum atomic E-state index is -1.86. The monoisotopic (exact) mass is 574 g/mol. The van der Waals surface area contributed by atoms with Crippen LogP contribution in [0.5, 0.6) is 0 Å². The molecule has 0 aromatic heterocycles. The van der Waals surface area contributed by atoms with Gasteiger partial charge < -0.3 is 14.0 Å². The Labute approximate surface area is 245 Å². The van der Waals surface area contributed by atoms with Gasteiger partial charge in [-0.2, -0.15) is 0 Å². The molecule has 0 aliphatic rings. The van der Waals surface area contributed by atoms with Crippen LogP contribution in [0.15, 0.2) is 72.9 Å². The van der Waals surface area contributed by atoms with Crippen LogP contribution < -0.4 is 0 Å². The summed E-state index contributed by atoms with van der Waals surface area (Å²) >= 11 is 0. The highest BCUT2D eigenvalue weighted by Crippen LogP contribution is 2.38. The molecule has 3 nitrogen and oxygen atoms in total. The average molecular weight is 575 g/mol. The molecule has 0 saturated heterocycles. The summed E-state index contributed by atoms with van der Waals surface area (Å²) in [6.07, 6.45) is 31.7. The fourth-order valence-electron chi connectivity index (χ4n) is 3.17. The molecule has 1 N–H and O–H groups in total. The molecule has 2 atom stereocenters. The van der Waals surface area contributed by atoms with Crippen LogP contribution in [0.1, 0.15) is 87.0 Å². The van der Waals surface area contributed by atoms with Gasteiger partial charge in [0.25, 0.3) is 0 Å². The normalized spacial score (nSPS) is 16.3. The van der Waals surface area contributed by atoms with E-state index in [2.05, 4.69) is 148 Å². The molecule has 224 valence electrons. The van der Waals surface area contributed by atoms with E-state index in [0.717, 1.165) is 38.5 Å². The van der Waals surface area contributed by atoms with Crippen LogP contribution in [-0.4, -0.2) is 40.6 Å². The molecule has 0 amide bonds. The van der Waals surface area contributed by atoms with Crippen molar-refractivity contribution >= 4 is 16.6 Å². The highest BCUT2D eigenvalue weighted by Gasteiger charge is 2.39. The first-order chi connectivity index (χ1) is 18.1. The maximum absolute atomic E-state index is 9.00. The van der Waals surface area contributed by atoms with Crippen LogP contribution in [0, 0.1) is 0 Å². The second-order valence-corrected chi connectivity index (χ2v) is 22.9. The molecule has 0 bridgehead atoms. The quantitative estimate of drug-likeness (QED) is 0.0766. The summed E-state index contributed by atoms with van der Waals surface area (Å²) in [6, 6.07) is 0. The van der Waals surface area contributed by atoms with Crippen LogP contribution in [0.4, 0.5) is 0 Å². The Morgan fingerprint density at radius 3 is 1.46 bits per heavy atom. The van der Waals surface area contributed by atoms with Crippen molar-refractivity contribution < 1.29 is 14.0 Å². The second-order valence-electron chi connectivity index (χ2n) is 13.4. The Morgan fingerprint density at radius 1 is 0.641 bits per heavy atom. The van der Waals surface area contributed by atoms with Crippen LogP contribution in [0.25, 0.3) is 0 Å². The van der Waals surface area contributed by atoms with Crippen LogP contribution >= 0.6 is 0 Å². The van der Waals surface area contributed by atoms with Crippen molar-refractivity contribution in [2.75, 3.05) is 6.61 Å². The lowest BCUT2D eigenvalue weighted by Gasteiger charge is -2.38. The number of hydrogen-bond donors (Lipinski definition) is 1. The van der Waals surface area contributed by atoms with E-state index < -0.39 is 16.6 Å². The van der Waals surface area contributed by atoms with E-state index in [0.29, 0.717) is 0 Å². The van der Waals surface area contributed by atoms with Gasteiger partial charge in [0, 0.05) is 6.61 Å². The summed E-state index contributed by atoms with van der Waals surface area (Å²) in [5, 5.41) is 9.37. The zero-order valence-electron chi connectivity index (χ0n) is 27.3. The van der Waals surface area contributed by atoms with E-state index in [-0.39, 0.29) is 28.9 Å². The van der Waals surface area contributed by atoms with Gasteiger partial charge in [0.2, 0.25) is 0 Å². The lowest BCUT2D eigenvalue weighted by molar-refractivity contribution is 0.227. The maximum atomic E-state index is 9.00. The topological polar surface area (TPSA) is 38.7 Å². The van der Waals surface area contributed by atoms with Gasteiger partial charge in [-0.25, -0.2) is 0 Å². The number of unbranched alkanes of at least 4 members (excludes halogenated alkanes) is 1. The highest BCUT2D eigenvalue weighted by molar-refractivity contribution is 6.74. The molecule has 0 aliphatic heterocycles. The first-order valence-electron chi connectivity index (χ1n) is 15.0. The molecule has 39 heavy (non-hydrogen) atoms. The van der Waals surface area contributed by atoms with Crippen molar-refractivity contribution in [2.24, 2.45) is 0 Å². The Morgan fingerprint density at radius 2 is 1.08 bits per heavy atom. The van der Waals surface area contributed by atoms with Crippen LogP contribution in [0.3, 0.4) is 0 Å². The third kappa shape index (κ3) is 17.2. The lowest BCUT2D eigenvalue weighted by Crippen LogP contribution is -2.43. The molecular weight excluding hydrogens is 513 g/mol. The summed E-state index contributed by atoms with van der Waals surface area (Å²) < 4.78 is 13.3.